The molecule has 1 saturated heterocycles. The molecule has 3 atom stereocenters. The number of rotatable bonds is 6. The second-order valence-electron chi connectivity index (χ2n) is 9.96. The maximum absolute atomic E-state index is 13.1. The quantitative estimate of drug-likeness (QED) is 0.638. The molecule has 1 unspecified atom stereocenters. The number of likely N-dealkylation sites (tertiary alicyclic amines) is 1. The van der Waals surface area contributed by atoms with Gasteiger partial charge >= 0.3 is 12.1 Å². The molecule has 0 bridgehead atoms. The van der Waals surface area contributed by atoms with Gasteiger partial charge in [-0.15, -0.1) is 0 Å². The fourth-order valence-electron chi connectivity index (χ4n) is 6.08. The van der Waals surface area contributed by atoms with Crippen LogP contribution in [0.15, 0.2) is 48.5 Å². The zero-order chi connectivity index (χ0) is 24.4. The van der Waals surface area contributed by atoms with E-state index >= 15 is 0 Å². The van der Waals surface area contributed by atoms with Crippen molar-refractivity contribution in [3.8, 4) is 11.1 Å². The molecule has 2 aromatic carbocycles. The predicted octanol–water partition coefficient (Wildman–Crippen LogP) is 4.55. The Balaban J connectivity index is 1.15. The van der Waals surface area contributed by atoms with Gasteiger partial charge in [0.25, 0.3) is 0 Å². The van der Waals surface area contributed by atoms with Crippen LogP contribution in [-0.4, -0.2) is 53.2 Å². The zero-order valence-electron chi connectivity index (χ0n) is 19.8. The summed E-state index contributed by atoms with van der Waals surface area (Å²) in [6.45, 7) is 0.886. The maximum Gasteiger partial charge on any atom is 0.407 e. The Morgan fingerprint density at radius 2 is 1.63 bits per heavy atom. The standard InChI is InChI=1S/C28H32N2O5/c31-26(32)16-20-7-5-6-14-30(20)27(33)18-12-13-19(15-18)29-28(34)35-17-25-23-10-3-1-8-21(23)22-9-2-4-11-24(22)25/h1-4,8-11,18-20,25H,5-7,12-17H2,(H,29,34)(H,31,32)/t18-,19+,20?/m0/s1. The van der Waals surface area contributed by atoms with Crippen LogP contribution in [0.3, 0.4) is 0 Å². The summed E-state index contributed by atoms with van der Waals surface area (Å²) in [7, 11) is 0. The Hall–Kier alpha value is -3.35. The van der Waals surface area contributed by atoms with Crippen LogP contribution >= 0.6 is 0 Å². The van der Waals surface area contributed by atoms with E-state index in [1.54, 1.807) is 4.90 Å². The van der Waals surface area contributed by atoms with Gasteiger partial charge in [-0.1, -0.05) is 48.5 Å². The lowest BCUT2D eigenvalue weighted by Crippen LogP contribution is -2.47. The minimum atomic E-state index is -0.865. The van der Waals surface area contributed by atoms with Crippen LogP contribution in [0.4, 0.5) is 4.79 Å². The molecule has 2 aromatic rings. The number of carboxylic acid groups (broad SMARTS) is 1. The SMILES string of the molecule is O=C(O)CC1CCCCN1C(=O)[C@H]1CC[C@@H](NC(=O)OCC2c3ccccc3-c3ccccc32)C1. The van der Waals surface area contributed by atoms with Crippen molar-refractivity contribution in [2.45, 2.75) is 62.9 Å². The van der Waals surface area contributed by atoms with E-state index in [1.165, 1.54) is 22.3 Å². The topological polar surface area (TPSA) is 95.9 Å². The number of nitrogens with one attached hydrogen (secondary N) is 1. The van der Waals surface area contributed by atoms with Crippen molar-refractivity contribution in [1.29, 1.82) is 0 Å². The van der Waals surface area contributed by atoms with Crippen molar-refractivity contribution >= 4 is 18.0 Å². The van der Waals surface area contributed by atoms with Crippen molar-refractivity contribution in [3.05, 3.63) is 59.7 Å². The van der Waals surface area contributed by atoms with Gasteiger partial charge in [0.15, 0.2) is 0 Å². The molecule has 7 heteroatoms. The van der Waals surface area contributed by atoms with Crippen molar-refractivity contribution in [2.75, 3.05) is 13.2 Å². The Morgan fingerprint density at radius 3 is 2.31 bits per heavy atom. The number of carbonyl (C=O) groups excluding carboxylic acids is 2. The number of benzene rings is 2. The van der Waals surface area contributed by atoms with Crippen LogP contribution < -0.4 is 5.32 Å². The average molecular weight is 477 g/mol. The largest absolute Gasteiger partial charge is 0.481 e. The molecule has 2 fully saturated rings. The summed E-state index contributed by atoms with van der Waals surface area (Å²) in [5, 5.41) is 12.2. The molecule has 3 aliphatic rings. The molecule has 0 aromatic heterocycles. The minimum Gasteiger partial charge on any atom is -0.481 e. The van der Waals surface area contributed by atoms with Crippen LogP contribution in [-0.2, 0) is 14.3 Å². The molecule has 2 N–H and O–H groups in total. The Bertz CT molecular complexity index is 1070. The van der Waals surface area contributed by atoms with Gasteiger partial charge in [0.05, 0.1) is 6.42 Å². The van der Waals surface area contributed by atoms with Gasteiger partial charge in [0.1, 0.15) is 6.61 Å². The molecule has 35 heavy (non-hydrogen) atoms. The molecular weight excluding hydrogens is 444 g/mol. The van der Waals surface area contributed by atoms with Gasteiger partial charge in [-0.3, -0.25) is 9.59 Å². The molecule has 5 rings (SSSR count). The molecule has 1 saturated carbocycles. The van der Waals surface area contributed by atoms with Gasteiger partial charge in [-0.2, -0.15) is 0 Å². The number of hydrogen-bond donors (Lipinski definition) is 2. The van der Waals surface area contributed by atoms with Crippen LogP contribution in [0.25, 0.3) is 11.1 Å². The van der Waals surface area contributed by atoms with Crippen molar-refractivity contribution in [1.82, 2.24) is 10.2 Å². The highest BCUT2D eigenvalue weighted by Crippen LogP contribution is 2.44. The number of carboxylic acids is 1. The van der Waals surface area contributed by atoms with Gasteiger partial charge in [-0.05, 0) is 60.8 Å². The van der Waals surface area contributed by atoms with Crippen LogP contribution in [0, 0.1) is 5.92 Å². The Kier molecular flexibility index (Phi) is 6.75. The number of fused-ring (bicyclic) bond motifs is 3. The summed E-state index contributed by atoms with van der Waals surface area (Å²) in [4.78, 5) is 38.8. The molecule has 0 spiro atoms. The number of carbonyl (C=O) groups is 3. The van der Waals surface area contributed by atoms with Gasteiger partial charge in [-0.25, -0.2) is 4.79 Å². The summed E-state index contributed by atoms with van der Waals surface area (Å²) in [5.41, 5.74) is 4.72. The van der Waals surface area contributed by atoms with E-state index in [0.717, 1.165) is 25.7 Å². The zero-order valence-corrected chi connectivity index (χ0v) is 19.8. The molecule has 7 nitrogen and oxygen atoms in total. The average Bonchev–Trinajstić information content (AvgIpc) is 3.45. The van der Waals surface area contributed by atoms with E-state index in [0.29, 0.717) is 19.4 Å². The first-order valence-corrected chi connectivity index (χ1v) is 12.6. The lowest BCUT2D eigenvalue weighted by Gasteiger charge is -2.36. The fraction of sp³-hybridized carbons (Fsp3) is 0.464. The third-order valence-electron chi connectivity index (χ3n) is 7.77. The van der Waals surface area contributed by atoms with Crippen molar-refractivity contribution in [2.24, 2.45) is 5.92 Å². The van der Waals surface area contributed by atoms with Crippen LogP contribution in [0.2, 0.25) is 0 Å². The summed E-state index contributed by atoms with van der Waals surface area (Å²) in [6.07, 6.45) is 4.15. The molecule has 1 aliphatic heterocycles. The monoisotopic (exact) mass is 476 g/mol. The molecule has 2 aliphatic carbocycles. The Labute approximate surface area is 205 Å². The lowest BCUT2D eigenvalue weighted by atomic mass is 9.96. The van der Waals surface area contributed by atoms with Crippen molar-refractivity contribution in [3.63, 3.8) is 0 Å². The van der Waals surface area contributed by atoms with E-state index in [-0.39, 0.29) is 42.9 Å². The van der Waals surface area contributed by atoms with E-state index < -0.39 is 12.1 Å². The summed E-state index contributed by atoms with van der Waals surface area (Å²) in [5.74, 6) is -0.997. The van der Waals surface area contributed by atoms with Crippen LogP contribution in [0.5, 0.6) is 0 Å². The number of hydrogen-bond acceptors (Lipinski definition) is 4. The number of nitrogens with zero attached hydrogens (tertiary/aromatic N) is 1. The molecule has 2 amide bonds. The minimum absolute atomic E-state index is 0.000111. The summed E-state index contributed by atoms with van der Waals surface area (Å²) in [6, 6.07) is 16.1. The third kappa shape index (κ3) is 4.90. The lowest BCUT2D eigenvalue weighted by molar-refractivity contribution is -0.143. The van der Waals surface area contributed by atoms with E-state index in [1.807, 2.05) is 24.3 Å². The highest BCUT2D eigenvalue weighted by molar-refractivity contribution is 5.81. The predicted molar refractivity (Wildman–Crippen MR) is 131 cm³/mol. The van der Waals surface area contributed by atoms with E-state index in [9.17, 15) is 19.5 Å². The van der Waals surface area contributed by atoms with Gasteiger partial charge in [0, 0.05) is 30.5 Å². The number of ether oxygens (including phenoxy) is 1. The molecular formula is C28H32N2O5. The highest BCUT2D eigenvalue weighted by atomic mass is 16.5. The Morgan fingerprint density at radius 1 is 0.943 bits per heavy atom. The van der Waals surface area contributed by atoms with Crippen molar-refractivity contribution < 1.29 is 24.2 Å². The first kappa shape index (κ1) is 23.4. The molecule has 0 radical (unpaired) electrons. The number of aliphatic carboxylic acids is 1. The number of alkyl carbamates (subject to hydrolysis) is 1. The van der Waals surface area contributed by atoms with Gasteiger partial charge < -0.3 is 20.1 Å². The molecule has 1 heterocycles. The normalized spacial score (nSPS) is 23.4. The first-order chi connectivity index (χ1) is 17.0. The highest BCUT2D eigenvalue weighted by Gasteiger charge is 2.37. The van der Waals surface area contributed by atoms with Gasteiger partial charge in [0.2, 0.25) is 5.91 Å². The number of piperidine rings is 1. The number of amides is 2. The van der Waals surface area contributed by atoms with E-state index in [2.05, 4.69) is 29.6 Å². The second-order valence-corrected chi connectivity index (χ2v) is 9.96. The van der Waals surface area contributed by atoms with Crippen LogP contribution in [0.1, 0.15) is 62.0 Å². The molecule has 184 valence electrons. The van der Waals surface area contributed by atoms with E-state index in [4.69, 9.17) is 4.74 Å². The fourth-order valence-corrected chi connectivity index (χ4v) is 6.08. The second kappa shape index (κ2) is 10.1. The maximum atomic E-state index is 13.1. The first-order valence-electron chi connectivity index (χ1n) is 12.6. The summed E-state index contributed by atoms with van der Waals surface area (Å²) >= 11 is 0. The third-order valence-corrected chi connectivity index (χ3v) is 7.77. The summed E-state index contributed by atoms with van der Waals surface area (Å²) < 4.78 is 5.66. The smallest absolute Gasteiger partial charge is 0.407 e.